The minimum atomic E-state index is 0.0109. The van der Waals surface area contributed by atoms with E-state index in [0.29, 0.717) is 6.54 Å². The summed E-state index contributed by atoms with van der Waals surface area (Å²) in [5.41, 5.74) is 3.19. The minimum absolute atomic E-state index is 0.0109. The first-order valence-electron chi connectivity index (χ1n) is 6.02. The van der Waals surface area contributed by atoms with Gasteiger partial charge in [-0.25, -0.2) is 0 Å². The molecule has 4 heteroatoms. The normalized spacial score (nSPS) is 11.2. The molecule has 0 aliphatic rings. The van der Waals surface area contributed by atoms with Gasteiger partial charge >= 0.3 is 0 Å². The number of aryl methyl sites for hydroxylation is 1. The topological polar surface area (TPSA) is 57.8 Å². The molecule has 0 fully saturated rings. The van der Waals surface area contributed by atoms with Crippen molar-refractivity contribution in [3.8, 4) is 0 Å². The van der Waals surface area contributed by atoms with E-state index in [9.17, 15) is 4.79 Å². The maximum Gasteiger partial charge on any atom is 0.216 e. The Labute approximate surface area is 106 Å². The van der Waals surface area contributed by atoms with Crippen LogP contribution in [-0.2, 0) is 4.79 Å². The number of hydrogen-bond donors (Lipinski definition) is 2. The number of H-pyrrole nitrogens is 1. The zero-order chi connectivity index (χ0) is 13.0. The average Bonchev–Trinajstić information content (AvgIpc) is 2.70. The van der Waals surface area contributed by atoms with Crippen LogP contribution in [-0.4, -0.2) is 22.6 Å². The summed E-state index contributed by atoms with van der Waals surface area (Å²) in [5.74, 6) is 0.0109. The van der Waals surface area contributed by atoms with E-state index in [1.165, 1.54) is 6.92 Å². The quantitative estimate of drug-likeness (QED) is 0.810. The Morgan fingerprint density at radius 3 is 3.11 bits per heavy atom. The van der Waals surface area contributed by atoms with Crippen LogP contribution in [0.3, 0.4) is 0 Å². The van der Waals surface area contributed by atoms with Crippen molar-refractivity contribution < 1.29 is 4.79 Å². The summed E-state index contributed by atoms with van der Waals surface area (Å²) in [4.78, 5) is 10.7. The van der Waals surface area contributed by atoms with Crippen molar-refractivity contribution in [2.45, 2.75) is 20.3 Å². The van der Waals surface area contributed by atoms with E-state index in [2.05, 4.69) is 33.7 Å². The molecule has 94 valence electrons. The van der Waals surface area contributed by atoms with Crippen LogP contribution in [0.1, 0.15) is 24.6 Å². The van der Waals surface area contributed by atoms with Gasteiger partial charge in [-0.3, -0.25) is 9.89 Å². The molecule has 18 heavy (non-hydrogen) atoms. The Bertz CT molecular complexity index is 584. The van der Waals surface area contributed by atoms with Gasteiger partial charge in [0.05, 0.1) is 5.52 Å². The van der Waals surface area contributed by atoms with Crippen molar-refractivity contribution in [2.24, 2.45) is 0 Å². The van der Waals surface area contributed by atoms with Crippen LogP contribution in [0.2, 0.25) is 0 Å². The third-order valence-corrected chi connectivity index (χ3v) is 2.77. The molecule has 1 amide bonds. The van der Waals surface area contributed by atoms with Crippen molar-refractivity contribution in [3.63, 3.8) is 0 Å². The number of hydrogen-bond acceptors (Lipinski definition) is 2. The molecular weight excluding hydrogens is 226 g/mol. The van der Waals surface area contributed by atoms with E-state index in [0.717, 1.165) is 28.6 Å². The van der Waals surface area contributed by atoms with E-state index in [1.54, 1.807) is 0 Å². The lowest BCUT2D eigenvalue weighted by atomic mass is 10.1. The Balaban J connectivity index is 1.99. The second-order valence-corrected chi connectivity index (χ2v) is 4.30. The molecule has 0 atom stereocenters. The van der Waals surface area contributed by atoms with Crippen molar-refractivity contribution >= 4 is 22.9 Å². The van der Waals surface area contributed by atoms with E-state index < -0.39 is 0 Å². The second-order valence-electron chi connectivity index (χ2n) is 4.30. The molecule has 0 saturated heterocycles. The zero-order valence-corrected chi connectivity index (χ0v) is 10.7. The van der Waals surface area contributed by atoms with Gasteiger partial charge in [-0.05, 0) is 25.0 Å². The van der Waals surface area contributed by atoms with Crippen LogP contribution in [0, 0.1) is 6.92 Å². The molecule has 2 N–H and O–H groups in total. The molecule has 0 bridgehead atoms. The van der Waals surface area contributed by atoms with Gasteiger partial charge < -0.3 is 5.32 Å². The van der Waals surface area contributed by atoms with Crippen molar-refractivity contribution in [1.82, 2.24) is 15.5 Å². The molecule has 0 aliphatic carbocycles. The molecule has 2 rings (SSSR count). The first-order valence-corrected chi connectivity index (χ1v) is 6.02. The standard InChI is InChI=1S/C14H17N3O/c1-10-13-7-6-12(9-14(13)17-16-10)5-3-4-8-15-11(2)18/h3,5-7,9H,4,8H2,1-2H3,(H,15,18)(H,16,17). The SMILES string of the molecule is CC(=O)NCCC=Cc1ccc2c(C)[nH]nc2c1. The average molecular weight is 243 g/mol. The number of amides is 1. The number of aromatic nitrogens is 2. The molecule has 4 nitrogen and oxygen atoms in total. The maximum atomic E-state index is 10.7. The summed E-state index contributed by atoms with van der Waals surface area (Å²) in [5, 5.41) is 11.1. The van der Waals surface area contributed by atoms with E-state index in [1.807, 2.05) is 19.1 Å². The fourth-order valence-electron chi connectivity index (χ4n) is 1.82. The van der Waals surface area contributed by atoms with Crippen LogP contribution in [0.15, 0.2) is 24.3 Å². The highest BCUT2D eigenvalue weighted by Gasteiger charge is 2.00. The Morgan fingerprint density at radius 1 is 1.50 bits per heavy atom. The van der Waals surface area contributed by atoms with Crippen molar-refractivity contribution in [3.05, 3.63) is 35.5 Å². The monoisotopic (exact) mass is 243 g/mol. The summed E-state index contributed by atoms with van der Waals surface area (Å²) >= 11 is 0. The van der Waals surface area contributed by atoms with Crippen molar-refractivity contribution in [1.29, 1.82) is 0 Å². The fourth-order valence-corrected chi connectivity index (χ4v) is 1.82. The molecule has 1 aromatic carbocycles. The highest BCUT2D eigenvalue weighted by Crippen LogP contribution is 2.17. The summed E-state index contributed by atoms with van der Waals surface area (Å²) in [7, 11) is 0. The van der Waals surface area contributed by atoms with Crippen LogP contribution >= 0.6 is 0 Å². The van der Waals surface area contributed by atoms with Gasteiger partial charge in [0.15, 0.2) is 0 Å². The molecular formula is C14H17N3O. The largest absolute Gasteiger partial charge is 0.356 e. The van der Waals surface area contributed by atoms with Gasteiger partial charge in [0.1, 0.15) is 0 Å². The fraction of sp³-hybridized carbons (Fsp3) is 0.286. The smallest absolute Gasteiger partial charge is 0.216 e. The van der Waals surface area contributed by atoms with Crippen LogP contribution in [0.25, 0.3) is 17.0 Å². The van der Waals surface area contributed by atoms with Gasteiger partial charge in [-0.1, -0.05) is 24.3 Å². The van der Waals surface area contributed by atoms with Gasteiger partial charge in [-0.15, -0.1) is 0 Å². The number of benzene rings is 1. The molecule has 0 spiro atoms. The van der Waals surface area contributed by atoms with E-state index >= 15 is 0 Å². The number of fused-ring (bicyclic) bond motifs is 1. The van der Waals surface area contributed by atoms with Crippen LogP contribution < -0.4 is 5.32 Å². The molecule has 1 heterocycles. The van der Waals surface area contributed by atoms with E-state index in [-0.39, 0.29) is 5.91 Å². The zero-order valence-electron chi connectivity index (χ0n) is 10.7. The predicted molar refractivity (Wildman–Crippen MR) is 73.2 cm³/mol. The molecule has 0 aliphatic heterocycles. The summed E-state index contributed by atoms with van der Waals surface area (Å²) in [6.07, 6.45) is 4.93. The Morgan fingerprint density at radius 2 is 2.33 bits per heavy atom. The van der Waals surface area contributed by atoms with E-state index in [4.69, 9.17) is 0 Å². The number of nitrogens with zero attached hydrogens (tertiary/aromatic N) is 1. The first-order chi connectivity index (χ1) is 8.66. The third kappa shape index (κ3) is 2.97. The summed E-state index contributed by atoms with van der Waals surface area (Å²) in [6, 6.07) is 6.19. The van der Waals surface area contributed by atoms with Gasteiger partial charge in [0, 0.05) is 24.5 Å². The molecule has 0 saturated carbocycles. The van der Waals surface area contributed by atoms with Crippen molar-refractivity contribution in [2.75, 3.05) is 6.54 Å². The highest BCUT2D eigenvalue weighted by molar-refractivity contribution is 5.83. The predicted octanol–water partition coefficient (Wildman–Crippen LogP) is 2.41. The second kappa shape index (κ2) is 5.49. The highest BCUT2D eigenvalue weighted by atomic mass is 16.1. The van der Waals surface area contributed by atoms with Crippen LogP contribution in [0.4, 0.5) is 0 Å². The Hall–Kier alpha value is -2.10. The number of carbonyl (C=O) groups excluding carboxylic acids is 1. The summed E-state index contributed by atoms with van der Waals surface area (Å²) < 4.78 is 0. The van der Waals surface area contributed by atoms with Gasteiger partial charge in [0.2, 0.25) is 5.91 Å². The number of carbonyl (C=O) groups is 1. The Kier molecular flexibility index (Phi) is 3.77. The lowest BCUT2D eigenvalue weighted by molar-refractivity contribution is -0.118. The molecule has 1 aromatic heterocycles. The van der Waals surface area contributed by atoms with Gasteiger partial charge in [-0.2, -0.15) is 5.10 Å². The molecule has 2 aromatic rings. The number of aromatic amines is 1. The minimum Gasteiger partial charge on any atom is -0.356 e. The third-order valence-electron chi connectivity index (χ3n) is 2.77. The molecule has 0 radical (unpaired) electrons. The lowest BCUT2D eigenvalue weighted by Crippen LogP contribution is -2.20. The first kappa shape index (κ1) is 12.4. The number of rotatable bonds is 4. The van der Waals surface area contributed by atoms with Crippen LogP contribution in [0.5, 0.6) is 0 Å². The maximum absolute atomic E-state index is 10.7. The van der Waals surface area contributed by atoms with Gasteiger partial charge in [0.25, 0.3) is 0 Å². The number of nitrogens with one attached hydrogen (secondary N) is 2. The molecule has 0 unspecified atom stereocenters. The lowest BCUT2D eigenvalue weighted by Gasteiger charge is -1.97. The summed E-state index contributed by atoms with van der Waals surface area (Å²) in [6.45, 7) is 4.21.